The molecule has 1 amide bonds. The summed E-state index contributed by atoms with van der Waals surface area (Å²) < 4.78 is 56.3. The van der Waals surface area contributed by atoms with E-state index in [2.05, 4.69) is 10.1 Å². The topological polar surface area (TPSA) is 75.7 Å². The van der Waals surface area contributed by atoms with Gasteiger partial charge in [0, 0.05) is 19.1 Å². The highest BCUT2D eigenvalue weighted by atomic mass is 32.2. The molecule has 0 unspecified atom stereocenters. The largest absolute Gasteiger partial charge is 0.433 e. The normalized spacial score (nSPS) is 16.4. The van der Waals surface area contributed by atoms with Crippen LogP contribution in [0.2, 0.25) is 0 Å². The lowest BCUT2D eigenvalue weighted by Gasteiger charge is -2.31. The van der Waals surface area contributed by atoms with Gasteiger partial charge in [-0.2, -0.15) is 13.1 Å². The molecule has 146 valence electrons. The first kappa shape index (κ1) is 19.7. The van der Waals surface area contributed by atoms with Gasteiger partial charge in [-0.3, -0.25) is 4.79 Å². The predicted octanol–water partition coefficient (Wildman–Crippen LogP) is 2.93. The van der Waals surface area contributed by atoms with Crippen molar-refractivity contribution in [1.82, 2.24) is 9.62 Å². The van der Waals surface area contributed by atoms with Crippen LogP contribution in [0.15, 0.2) is 46.7 Å². The van der Waals surface area contributed by atoms with Gasteiger partial charge in [0.15, 0.2) is 0 Å². The standard InChI is InChI=1S/C17H18F2N2O4S2/c18-17(19)25-13-4-1-2-6-15(13)27(23,24)21-9-7-12(8-10-21)20-16(22)14-5-3-11-26-14/h1-6,11-12,17H,7-10H2,(H,20,22). The third-order valence-corrected chi connectivity index (χ3v) is 7.02. The summed E-state index contributed by atoms with van der Waals surface area (Å²) in [7, 11) is -3.97. The van der Waals surface area contributed by atoms with E-state index in [0.717, 1.165) is 0 Å². The highest BCUT2D eigenvalue weighted by Crippen LogP contribution is 2.29. The quantitative estimate of drug-likeness (QED) is 0.786. The average molecular weight is 416 g/mol. The van der Waals surface area contributed by atoms with Gasteiger partial charge in [-0.15, -0.1) is 11.3 Å². The van der Waals surface area contributed by atoms with Gasteiger partial charge in [0.25, 0.3) is 5.91 Å². The third kappa shape index (κ3) is 4.63. The molecule has 1 aliphatic heterocycles. The molecule has 2 heterocycles. The number of amides is 1. The van der Waals surface area contributed by atoms with E-state index >= 15 is 0 Å². The summed E-state index contributed by atoms with van der Waals surface area (Å²) in [5, 5.41) is 4.71. The lowest BCUT2D eigenvalue weighted by atomic mass is 10.1. The number of ether oxygens (including phenoxy) is 1. The first-order valence-electron chi connectivity index (χ1n) is 8.26. The number of benzene rings is 1. The van der Waals surface area contributed by atoms with Crippen molar-refractivity contribution in [3.63, 3.8) is 0 Å². The van der Waals surface area contributed by atoms with E-state index in [1.165, 1.54) is 39.9 Å². The molecular formula is C17H18F2N2O4S2. The molecule has 0 radical (unpaired) electrons. The maximum absolute atomic E-state index is 12.8. The van der Waals surface area contributed by atoms with Crippen LogP contribution in [0, 0.1) is 0 Å². The van der Waals surface area contributed by atoms with Crippen molar-refractivity contribution in [2.75, 3.05) is 13.1 Å². The Hall–Kier alpha value is -2.04. The van der Waals surface area contributed by atoms with Crippen molar-refractivity contribution in [3.05, 3.63) is 46.7 Å². The zero-order chi connectivity index (χ0) is 19.4. The molecule has 1 saturated heterocycles. The average Bonchev–Trinajstić information content (AvgIpc) is 3.17. The van der Waals surface area contributed by atoms with Crippen molar-refractivity contribution in [2.24, 2.45) is 0 Å². The number of halogens is 2. The Kier molecular flexibility index (Phi) is 6.08. The minimum atomic E-state index is -3.97. The van der Waals surface area contributed by atoms with E-state index < -0.39 is 16.6 Å². The molecule has 0 aliphatic carbocycles. The molecule has 1 N–H and O–H groups in total. The number of nitrogens with zero attached hydrogens (tertiary/aromatic N) is 1. The molecule has 1 aromatic carbocycles. The minimum Gasteiger partial charge on any atom is -0.433 e. The van der Waals surface area contributed by atoms with Gasteiger partial charge < -0.3 is 10.1 Å². The van der Waals surface area contributed by atoms with E-state index in [4.69, 9.17) is 0 Å². The van der Waals surface area contributed by atoms with Gasteiger partial charge >= 0.3 is 6.61 Å². The number of rotatable bonds is 6. The van der Waals surface area contributed by atoms with E-state index in [1.807, 2.05) is 5.38 Å². The molecule has 10 heteroatoms. The molecule has 1 aromatic heterocycles. The van der Waals surface area contributed by atoms with Gasteiger partial charge in [-0.05, 0) is 36.4 Å². The Bertz CT molecular complexity index is 880. The van der Waals surface area contributed by atoms with Crippen LogP contribution in [0.3, 0.4) is 0 Å². The van der Waals surface area contributed by atoms with Crippen molar-refractivity contribution < 1.29 is 26.7 Å². The van der Waals surface area contributed by atoms with Crippen LogP contribution in [-0.2, 0) is 10.0 Å². The number of hydrogen-bond acceptors (Lipinski definition) is 5. The van der Waals surface area contributed by atoms with Crippen LogP contribution in [0.25, 0.3) is 0 Å². The lowest BCUT2D eigenvalue weighted by molar-refractivity contribution is -0.0518. The van der Waals surface area contributed by atoms with Crippen LogP contribution in [0.5, 0.6) is 5.75 Å². The van der Waals surface area contributed by atoms with Crippen LogP contribution in [0.4, 0.5) is 8.78 Å². The van der Waals surface area contributed by atoms with Gasteiger partial charge in [-0.1, -0.05) is 18.2 Å². The number of piperidine rings is 1. The monoisotopic (exact) mass is 416 g/mol. The molecule has 1 fully saturated rings. The molecule has 6 nitrogen and oxygen atoms in total. The summed E-state index contributed by atoms with van der Waals surface area (Å²) >= 11 is 1.33. The molecule has 0 saturated carbocycles. The Morgan fingerprint density at radius 2 is 1.89 bits per heavy atom. The second kappa shape index (κ2) is 8.32. The fourth-order valence-corrected chi connectivity index (χ4v) is 5.12. The van der Waals surface area contributed by atoms with Crippen molar-refractivity contribution in [3.8, 4) is 5.75 Å². The Balaban J connectivity index is 1.66. The summed E-state index contributed by atoms with van der Waals surface area (Å²) in [6.45, 7) is -2.75. The van der Waals surface area contributed by atoms with E-state index in [0.29, 0.717) is 17.7 Å². The molecule has 0 spiro atoms. The maximum atomic E-state index is 12.8. The molecule has 0 bridgehead atoms. The number of para-hydroxylation sites is 1. The molecule has 27 heavy (non-hydrogen) atoms. The fourth-order valence-electron chi connectivity index (χ4n) is 2.90. The van der Waals surface area contributed by atoms with Crippen molar-refractivity contribution in [2.45, 2.75) is 30.4 Å². The van der Waals surface area contributed by atoms with Gasteiger partial charge in [0.1, 0.15) is 10.6 Å². The Morgan fingerprint density at radius 3 is 2.52 bits per heavy atom. The van der Waals surface area contributed by atoms with Crippen molar-refractivity contribution >= 4 is 27.3 Å². The lowest BCUT2D eigenvalue weighted by Crippen LogP contribution is -2.46. The maximum Gasteiger partial charge on any atom is 0.387 e. The fraction of sp³-hybridized carbons (Fsp3) is 0.353. The third-order valence-electron chi connectivity index (χ3n) is 4.22. The molecule has 2 aromatic rings. The molecule has 3 rings (SSSR count). The smallest absolute Gasteiger partial charge is 0.387 e. The molecular weight excluding hydrogens is 398 g/mol. The summed E-state index contributed by atoms with van der Waals surface area (Å²) in [5.41, 5.74) is 0. The van der Waals surface area contributed by atoms with E-state index in [-0.39, 0.29) is 35.7 Å². The highest BCUT2D eigenvalue weighted by Gasteiger charge is 2.32. The van der Waals surface area contributed by atoms with Crippen molar-refractivity contribution in [1.29, 1.82) is 0 Å². The highest BCUT2D eigenvalue weighted by molar-refractivity contribution is 7.89. The zero-order valence-electron chi connectivity index (χ0n) is 14.2. The SMILES string of the molecule is O=C(NC1CCN(S(=O)(=O)c2ccccc2OC(F)F)CC1)c1cccs1. The zero-order valence-corrected chi connectivity index (χ0v) is 15.8. The van der Waals surface area contributed by atoms with Gasteiger partial charge in [-0.25, -0.2) is 8.42 Å². The minimum absolute atomic E-state index is 0.140. The summed E-state index contributed by atoms with van der Waals surface area (Å²) in [4.78, 5) is 12.4. The van der Waals surface area contributed by atoms with Gasteiger partial charge in [0.2, 0.25) is 10.0 Å². The summed E-state index contributed by atoms with van der Waals surface area (Å²) in [6.07, 6.45) is 0.877. The van der Waals surface area contributed by atoms with Gasteiger partial charge in [0.05, 0.1) is 4.88 Å². The Labute approximate surface area is 159 Å². The molecule has 1 aliphatic rings. The summed E-state index contributed by atoms with van der Waals surface area (Å²) in [5.74, 6) is -0.553. The second-order valence-corrected chi connectivity index (χ2v) is 8.81. The summed E-state index contributed by atoms with van der Waals surface area (Å²) in [6, 6.07) is 8.71. The number of alkyl halides is 2. The predicted molar refractivity (Wildman–Crippen MR) is 96.6 cm³/mol. The van der Waals surface area contributed by atoms with E-state index in [1.54, 1.807) is 12.1 Å². The number of thiophene rings is 1. The van der Waals surface area contributed by atoms with Crippen LogP contribution in [-0.4, -0.2) is 44.4 Å². The number of carbonyl (C=O) groups excluding carboxylic acids is 1. The number of nitrogens with one attached hydrogen (secondary N) is 1. The number of carbonyl (C=O) groups is 1. The van der Waals surface area contributed by atoms with Crippen LogP contribution in [0.1, 0.15) is 22.5 Å². The number of hydrogen-bond donors (Lipinski definition) is 1. The van der Waals surface area contributed by atoms with Crippen LogP contribution < -0.4 is 10.1 Å². The first-order valence-corrected chi connectivity index (χ1v) is 10.6. The second-order valence-electron chi connectivity index (χ2n) is 5.95. The number of sulfonamides is 1. The van der Waals surface area contributed by atoms with E-state index in [9.17, 15) is 22.0 Å². The Morgan fingerprint density at radius 1 is 1.19 bits per heavy atom. The van der Waals surface area contributed by atoms with Crippen LogP contribution >= 0.6 is 11.3 Å². The first-order chi connectivity index (χ1) is 12.9. The molecule has 0 atom stereocenters.